The van der Waals surface area contributed by atoms with Crippen LogP contribution in [0.1, 0.15) is 10.4 Å². The zero-order valence-corrected chi connectivity index (χ0v) is 13.3. The van der Waals surface area contributed by atoms with E-state index < -0.39 is 0 Å². The number of carbonyl (C=O) groups excluding carboxylic acids is 1. The first-order chi connectivity index (χ1) is 10.6. The molecule has 3 rings (SSSR count). The second-order valence-electron chi connectivity index (χ2n) is 4.20. The van der Waals surface area contributed by atoms with Gasteiger partial charge in [0.05, 0.1) is 16.3 Å². The molecule has 0 radical (unpaired) electrons. The molecule has 3 heterocycles. The molecule has 0 aromatic carbocycles. The summed E-state index contributed by atoms with van der Waals surface area (Å²) >= 11 is 12.9. The van der Waals surface area contributed by atoms with E-state index in [1.54, 1.807) is 6.20 Å². The lowest BCUT2D eigenvalue weighted by Gasteiger charge is -2.02. The SMILES string of the molecule is O=C(Nc1nc(-c2ccccn2)cs1)c1cnc(Cl)c(Cl)c1. The van der Waals surface area contributed by atoms with Crippen LogP contribution < -0.4 is 5.32 Å². The summed E-state index contributed by atoms with van der Waals surface area (Å²) in [4.78, 5) is 24.5. The number of thiazole rings is 1. The molecule has 1 amide bonds. The summed E-state index contributed by atoms with van der Waals surface area (Å²) in [5.41, 5.74) is 1.76. The Balaban J connectivity index is 1.77. The third-order valence-corrected chi connectivity index (χ3v) is 4.15. The molecule has 0 saturated heterocycles. The zero-order valence-electron chi connectivity index (χ0n) is 11.0. The van der Waals surface area contributed by atoms with Gasteiger partial charge in [-0.1, -0.05) is 29.3 Å². The Bertz CT molecular complexity index is 823. The Hall–Kier alpha value is -2.02. The fourth-order valence-electron chi connectivity index (χ4n) is 1.68. The number of nitrogens with one attached hydrogen (secondary N) is 1. The van der Waals surface area contributed by atoms with E-state index in [0.29, 0.717) is 16.4 Å². The minimum absolute atomic E-state index is 0.157. The van der Waals surface area contributed by atoms with Gasteiger partial charge in [-0.3, -0.25) is 15.1 Å². The minimum Gasteiger partial charge on any atom is -0.298 e. The highest BCUT2D eigenvalue weighted by molar-refractivity contribution is 7.14. The van der Waals surface area contributed by atoms with E-state index in [-0.39, 0.29) is 16.1 Å². The van der Waals surface area contributed by atoms with Gasteiger partial charge in [-0.2, -0.15) is 0 Å². The topological polar surface area (TPSA) is 67.8 Å². The first-order valence-corrected chi connectivity index (χ1v) is 7.76. The molecule has 3 aromatic heterocycles. The Morgan fingerprint density at radius 2 is 2.05 bits per heavy atom. The number of rotatable bonds is 3. The molecule has 22 heavy (non-hydrogen) atoms. The number of pyridine rings is 2. The highest BCUT2D eigenvalue weighted by Gasteiger charge is 2.12. The first-order valence-electron chi connectivity index (χ1n) is 6.13. The molecule has 8 heteroatoms. The molecule has 110 valence electrons. The molecule has 0 saturated carbocycles. The molecule has 0 aliphatic heterocycles. The molecule has 0 atom stereocenters. The van der Waals surface area contributed by atoms with Gasteiger partial charge in [-0.25, -0.2) is 9.97 Å². The van der Waals surface area contributed by atoms with Crippen LogP contribution in [0.5, 0.6) is 0 Å². The molecule has 0 aliphatic carbocycles. The Morgan fingerprint density at radius 3 is 2.77 bits per heavy atom. The van der Waals surface area contributed by atoms with Crippen molar-refractivity contribution in [3.05, 3.63) is 57.8 Å². The third-order valence-electron chi connectivity index (χ3n) is 2.71. The predicted molar refractivity (Wildman–Crippen MR) is 87.6 cm³/mol. The highest BCUT2D eigenvalue weighted by Crippen LogP contribution is 2.24. The van der Waals surface area contributed by atoms with Crippen LogP contribution in [0.15, 0.2) is 42.0 Å². The average molecular weight is 351 g/mol. The van der Waals surface area contributed by atoms with Crippen LogP contribution in [0.2, 0.25) is 10.2 Å². The number of carbonyl (C=O) groups is 1. The van der Waals surface area contributed by atoms with Crippen LogP contribution in [-0.4, -0.2) is 20.9 Å². The Labute approximate surface area is 140 Å². The van der Waals surface area contributed by atoms with Gasteiger partial charge in [0.1, 0.15) is 10.8 Å². The van der Waals surface area contributed by atoms with Crippen LogP contribution in [0.4, 0.5) is 5.13 Å². The number of hydrogen-bond donors (Lipinski definition) is 1. The number of halogens is 2. The second kappa shape index (κ2) is 6.39. The van der Waals surface area contributed by atoms with Crippen molar-refractivity contribution in [2.24, 2.45) is 0 Å². The van der Waals surface area contributed by atoms with Crippen molar-refractivity contribution in [2.45, 2.75) is 0 Å². The standard InChI is InChI=1S/C14H8Cl2N4OS/c15-9-5-8(6-18-12(9)16)13(21)20-14-19-11(7-22-14)10-3-1-2-4-17-10/h1-7H,(H,19,20,21). The number of nitrogens with zero attached hydrogens (tertiary/aromatic N) is 3. The molecule has 5 nitrogen and oxygen atoms in total. The van der Waals surface area contributed by atoms with Crippen LogP contribution >= 0.6 is 34.5 Å². The van der Waals surface area contributed by atoms with E-state index >= 15 is 0 Å². The predicted octanol–water partition coefficient (Wildman–Crippen LogP) is 4.16. The highest BCUT2D eigenvalue weighted by atomic mass is 35.5. The van der Waals surface area contributed by atoms with Crippen molar-refractivity contribution in [1.29, 1.82) is 0 Å². The largest absolute Gasteiger partial charge is 0.298 e. The van der Waals surface area contributed by atoms with E-state index in [0.717, 1.165) is 5.69 Å². The van der Waals surface area contributed by atoms with Crippen molar-refractivity contribution in [1.82, 2.24) is 15.0 Å². The summed E-state index contributed by atoms with van der Waals surface area (Å²) in [7, 11) is 0. The lowest BCUT2D eigenvalue weighted by atomic mass is 10.3. The summed E-state index contributed by atoms with van der Waals surface area (Å²) in [5, 5.41) is 5.37. The van der Waals surface area contributed by atoms with Gasteiger partial charge in [0.25, 0.3) is 5.91 Å². The minimum atomic E-state index is -0.354. The van der Waals surface area contributed by atoms with Gasteiger partial charge in [0.2, 0.25) is 0 Å². The van der Waals surface area contributed by atoms with Gasteiger partial charge in [0.15, 0.2) is 5.13 Å². The number of amides is 1. The molecule has 0 fully saturated rings. The molecule has 1 N–H and O–H groups in total. The maximum atomic E-state index is 12.1. The van der Waals surface area contributed by atoms with Crippen molar-refractivity contribution >= 4 is 45.6 Å². The number of hydrogen-bond acceptors (Lipinski definition) is 5. The summed E-state index contributed by atoms with van der Waals surface area (Å²) in [6.07, 6.45) is 3.05. The maximum Gasteiger partial charge on any atom is 0.259 e. The summed E-state index contributed by atoms with van der Waals surface area (Å²) in [5.74, 6) is -0.354. The monoisotopic (exact) mass is 350 g/mol. The average Bonchev–Trinajstić information content (AvgIpc) is 2.99. The van der Waals surface area contributed by atoms with Gasteiger partial charge in [-0.15, -0.1) is 11.3 Å². The fraction of sp³-hybridized carbons (Fsp3) is 0. The molecule has 0 spiro atoms. The van der Waals surface area contributed by atoms with Crippen molar-refractivity contribution < 1.29 is 4.79 Å². The first kappa shape index (κ1) is 14.9. The van der Waals surface area contributed by atoms with Crippen LogP contribution in [0.3, 0.4) is 0 Å². The quantitative estimate of drug-likeness (QED) is 0.720. The molecule has 3 aromatic rings. The summed E-state index contributed by atoms with van der Waals surface area (Å²) < 4.78 is 0. The van der Waals surface area contributed by atoms with Gasteiger partial charge in [-0.05, 0) is 18.2 Å². The third kappa shape index (κ3) is 3.24. The molecule has 0 unspecified atom stereocenters. The van der Waals surface area contributed by atoms with E-state index in [1.807, 2.05) is 23.6 Å². The fourth-order valence-corrected chi connectivity index (χ4v) is 2.65. The van der Waals surface area contributed by atoms with Crippen LogP contribution in [-0.2, 0) is 0 Å². The van der Waals surface area contributed by atoms with Gasteiger partial charge < -0.3 is 0 Å². The molecule has 0 aliphatic rings. The zero-order chi connectivity index (χ0) is 15.5. The maximum absolute atomic E-state index is 12.1. The van der Waals surface area contributed by atoms with Gasteiger partial charge in [0, 0.05) is 17.8 Å². The van der Waals surface area contributed by atoms with E-state index in [9.17, 15) is 4.79 Å². The van der Waals surface area contributed by atoms with Crippen molar-refractivity contribution in [3.63, 3.8) is 0 Å². The summed E-state index contributed by atoms with van der Waals surface area (Å²) in [6.45, 7) is 0. The molecular weight excluding hydrogens is 343 g/mol. The Kier molecular flexibility index (Phi) is 4.33. The lowest BCUT2D eigenvalue weighted by Crippen LogP contribution is -2.12. The lowest BCUT2D eigenvalue weighted by molar-refractivity contribution is 0.102. The summed E-state index contributed by atoms with van der Waals surface area (Å²) in [6, 6.07) is 7.01. The molecule has 0 bridgehead atoms. The smallest absolute Gasteiger partial charge is 0.259 e. The van der Waals surface area contributed by atoms with E-state index in [2.05, 4.69) is 20.3 Å². The van der Waals surface area contributed by atoms with Crippen molar-refractivity contribution in [2.75, 3.05) is 5.32 Å². The number of aromatic nitrogens is 3. The second-order valence-corrected chi connectivity index (χ2v) is 5.83. The van der Waals surface area contributed by atoms with E-state index in [1.165, 1.54) is 23.6 Å². The normalized spacial score (nSPS) is 10.5. The van der Waals surface area contributed by atoms with E-state index in [4.69, 9.17) is 23.2 Å². The van der Waals surface area contributed by atoms with Gasteiger partial charge >= 0.3 is 0 Å². The number of anilines is 1. The van der Waals surface area contributed by atoms with Crippen LogP contribution in [0.25, 0.3) is 11.4 Å². The Morgan fingerprint density at radius 1 is 1.18 bits per heavy atom. The van der Waals surface area contributed by atoms with Crippen molar-refractivity contribution in [3.8, 4) is 11.4 Å². The van der Waals surface area contributed by atoms with Crippen LogP contribution in [0, 0.1) is 0 Å². The molecular formula is C14H8Cl2N4OS.